The molecule has 1 aliphatic rings. The molecule has 0 spiro atoms. The van der Waals surface area contributed by atoms with Crippen molar-refractivity contribution in [1.82, 2.24) is 9.88 Å². The summed E-state index contributed by atoms with van der Waals surface area (Å²) in [5.74, 6) is 0.857. The maximum Gasteiger partial charge on any atom is 0.254 e. The number of nitrogens with zero attached hydrogens (tertiary/aromatic N) is 1. The number of fused-ring (bicyclic) bond motifs is 1. The summed E-state index contributed by atoms with van der Waals surface area (Å²) in [4.78, 5) is 17.8. The molecule has 3 aromatic rings. The fourth-order valence-electron chi connectivity index (χ4n) is 3.39. The zero-order valence-corrected chi connectivity index (χ0v) is 15.2. The van der Waals surface area contributed by atoms with E-state index in [0.29, 0.717) is 23.7 Å². The Bertz CT molecular complexity index is 1010. The molecule has 2 aromatic carbocycles. The lowest BCUT2D eigenvalue weighted by molar-refractivity contribution is 0.0773. The molecule has 1 N–H and O–H groups in total. The van der Waals surface area contributed by atoms with E-state index in [4.69, 9.17) is 16.3 Å². The molecule has 2 heterocycles. The van der Waals surface area contributed by atoms with Gasteiger partial charge in [0.25, 0.3) is 5.91 Å². The third-order valence-electron chi connectivity index (χ3n) is 4.80. The fraction of sp³-hybridized carbons (Fsp3) is 0.190. The number of methoxy groups -OCH3 is 1. The van der Waals surface area contributed by atoms with E-state index in [1.165, 1.54) is 11.1 Å². The Kier molecular flexibility index (Phi) is 4.43. The van der Waals surface area contributed by atoms with E-state index >= 15 is 0 Å². The molecule has 0 saturated carbocycles. The van der Waals surface area contributed by atoms with Crippen LogP contribution in [0.1, 0.15) is 22.3 Å². The van der Waals surface area contributed by atoms with Gasteiger partial charge >= 0.3 is 0 Å². The lowest BCUT2D eigenvalue weighted by atomic mass is 9.98. The quantitative estimate of drug-likeness (QED) is 0.726. The molecule has 132 valence electrons. The highest BCUT2D eigenvalue weighted by Crippen LogP contribution is 2.31. The Morgan fingerprint density at radius 1 is 1.23 bits per heavy atom. The van der Waals surface area contributed by atoms with Gasteiger partial charge < -0.3 is 14.6 Å². The third kappa shape index (κ3) is 3.08. The normalized spacial score (nSPS) is 14.4. The maximum atomic E-state index is 12.7. The van der Waals surface area contributed by atoms with E-state index in [1.54, 1.807) is 31.4 Å². The van der Waals surface area contributed by atoms with Gasteiger partial charge in [-0.25, -0.2) is 0 Å². The zero-order valence-electron chi connectivity index (χ0n) is 14.5. The van der Waals surface area contributed by atoms with E-state index < -0.39 is 0 Å². The number of nitrogens with one attached hydrogen (secondary N) is 1. The van der Waals surface area contributed by atoms with Gasteiger partial charge in [-0.15, -0.1) is 0 Å². The SMILES string of the molecule is COc1ccc2[nH]cc(C3=CCN(C(=O)c4cccc(Cl)c4)CC3)c2c1. The second-order valence-electron chi connectivity index (χ2n) is 6.35. The van der Waals surface area contributed by atoms with Crippen molar-refractivity contribution in [2.24, 2.45) is 0 Å². The van der Waals surface area contributed by atoms with Crippen LogP contribution in [0.5, 0.6) is 5.75 Å². The van der Waals surface area contributed by atoms with E-state index in [2.05, 4.69) is 11.1 Å². The Hall–Kier alpha value is -2.72. The molecule has 0 atom stereocenters. The molecule has 4 rings (SSSR count). The summed E-state index contributed by atoms with van der Waals surface area (Å²) in [6.45, 7) is 1.28. The predicted octanol–water partition coefficient (Wildman–Crippen LogP) is 4.76. The van der Waals surface area contributed by atoms with E-state index in [-0.39, 0.29) is 5.91 Å². The zero-order chi connectivity index (χ0) is 18.1. The van der Waals surface area contributed by atoms with Crippen molar-refractivity contribution in [2.45, 2.75) is 6.42 Å². The number of aromatic nitrogens is 1. The lowest BCUT2D eigenvalue weighted by Gasteiger charge is -2.26. The van der Waals surface area contributed by atoms with Gasteiger partial charge in [0.05, 0.1) is 7.11 Å². The van der Waals surface area contributed by atoms with E-state index in [1.807, 2.05) is 29.3 Å². The highest BCUT2D eigenvalue weighted by molar-refractivity contribution is 6.30. The molecule has 0 unspecified atom stereocenters. The fourth-order valence-corrected chi connectivity index (χ4v) is 3.58. The van der Waals surface area contributed by atoms with Gasteiger partial charge in [0, 0.05) is 46.3 Å². The summed E-state index contributed by atoms with van der Waals surface area (Å²) in [6, 6.07) is 13.1. The number of halogens is 1. The largest absolute Gasteiger partial charge is 0.497 e. The van der Waals surface area contributed by atoms with Crippen LogP contribution >= 0.6 is 11.6 Å². The summed E-state index contributed by atoms with van der Waals surface area (Å²) < 4.78 is 5.34. The first-order valence-corrected chi connectivity index (χ1v) is 8.93. The van der Waals surface area contributed by atoms with Crippen molar-refractivity contribution in [1.29, 1.82) is 0 Å². The number of aromatic amines is 1. The van der Waals surface area contributed by atoms with Crippen molar-refractivity contribution in [3.63, 3.8) is 0 Å². The number of hydrogen-bond donors (Lipinski definition) is 1. The van der Waals surface area contributed by atoms with Crippen molar-refractivity contribution in [2.75, 3.05) is 20.2 Å². The lowest BCUT2D eigenvalue weighted by Crippen LogP contribution is -2.34. The first-order chi connectivity index (χ1) is 12.7. The van der Waals surface area contributed by atoms with Crippen LogP contribution in [0.15, 0.2) is 54.7 Å². The minimum Gasteiger partial charge on any atom is -0.497 e. The molecule has 26 heavy (non-hydrogen) atoms. The van der Waals surface area contributed by atoms with Gasteiger partial charge in [-0.05, 0) is 48.4 Å². The number of hydrogen-bond acceptors (Lipinski definition) is 2. The highest BCUT2D eigenvalue weighted by Gasteiger charge is 2.20. The molecule has 0 fully saturated rings. The molecule has 1 amide bonds. The highest BCUT2D eigenvalue weighted by atomic mass is 35.5. The average Bonchev–Trinajstić information content (AvgIpc) is 3.10. The van der Waals surface area contributed by atoms with E-state index in [9.17, 15) is 4.79 Å². The standard InChI is InChI=1S/C21H19ClN2O2/c1-26-17-5-6-20-18(12-17)19(13-23-20)14-7-9-24(10-8-14)21(25)15-3-2-4-16(22)11-15/h2-7,11-13,23H,8-10H2,1H3. The summed E-state index contributed by atoms with van der Waals surface area (Å²) in [7, 11) is 1.67. The Labute approximate surface area is 157 Å². The minimum atomic E-state index is 0.0170. The smallest absolute Gasteiger partial charge is 0.254 e. The van der Waals surface area contributed by atoms with Crippen LogP contribution in [0.25, 0.3) is 16.5 Å². The molecule has 0 saturated heterocycles. The van der Waals surface area contributed by atoms with Crippen LogP contribution in [-0.2, 0) is 0 Å². The molecule has 4 nitrogen and oxygen atoms in total. The number of ether oxygens (including phenoxy) is 1. The first-order valence-electron chi connectivity index (χ1n) is 8.55. The second-order valence-corrected chi connectivity index (χ2v) is 6.79. The maximum absolute atomic E-state index is 12.7. The van der Waals surface area contributed by atoms with Crippen LogP contribution in [0.3, 0.4) is 0 Å². The van der Waals surface area contributed by atoms with Crippen molar-refractivity contribution >= 4 is 34.0 Å². The molecule has 0 aliphatic carbocycles. The monoisotopic (exact) mass is 366 g/mol. The number of H-pyrrole nitrogens is 1. The number of carbonyl (C=O) groups is 1. The number of carbonyl (C=O) groups excluding carboxylic acids is 1. The average molecular weight is 367 g/mol. The van der Waals surface area contributed by atoms with Gasteiger partial charge in [0.15, 0.2) is 0 Å². The van der Waals surface area contributed by atoms with Crippen LogP contribution in [-0.4, -0.2) is 36.0 Å². The van der Waals surface area contributed by atoms with E-state index in [0.717, 1.165) is 23.1 Å². The van der Waals surface area contributed by atoms with Gasteiger partial charge in [0.2, 0.25) is 0 Å². The topological polar surface area (TPSA) is 45.3 Å². The number of rotatable bonds is 3. The first kappa shape index (κ1) is 16.7. The van der Waals surface area contributed by atoms with Gasteiger partial charge in [-0.2, -0.15) is 0 Å². The van der Waals surface area contributed by atoms with Crippen LogP contribution in [0, 0.1) is 0 Å². The summed E-state index contributed by atoms with van der Waals surface area (Å²) >= 11 is 6.00. The Balaban J connectivity index is 1.57. The molecule has 1 aromatic heterocycles. The molecule has 0 radical (unpaired) electrons. The molecule has 5 heteroatoms. The molecular formula is C21H19ClN2O2. The number of benzene rings is 2. The summed E-state index contributed by atoms with van der Waals surface area (Å²) in [6.07, 6.45) is 4.98. The van der Waals surface area contributed by atoms with Crippen LogP contribution < -0.4 is 4.74 Å². The van der Waals surface area contributed by atoms with Crippen molar-refractivity contribution in [3.05, 3.63) is 70.9 Å². The third-order valence-corrected chi connectivity index (χ3v) is 5.04. The summed E-state index contributed by atoms with van der Waals surface area (Å²) in [5.41, 5.74) is 4.14. The van der Waals surface area contributed by atoms with Crippen LogP contribution in [0.4, 0.5) is 0 Å². The van der Waals surface area contributed by atoms with Crippen molar-refractivity contribution < 1.29 is 9.53 Å². The molecule has 0 bridgehead atoms. The van der Waals surface area contributed by atoms with Gasteiger partial charge in [-0.1, -0.05) is 23.7 Å². The Morgan fingerprint density at radius 2 is 2.12 bits per heavy atom. The van der Waals surface area contributed by atoms with Crippen LogP contribution in [0.2, 0.25) is 5.02 Å². The molecular weight excluding hydrogens is 348 g/mol. The second kappa shape index (κ2) is 6.89. The summed E-state index contributed by atoms with van der Waals surface area (Å²) in [5, 5.41) is 1.72. The predicted molar refractivity (Wildman–Crippen MR) is 105 cm³/mol. The van der Waals surface area contributed by atoms with Gasteiger partial charge in [-0.3, -0.25) is 4.79 Å². The number of amides is 1. The molecule has 1 aliphatic heterocycles. The van der Waals surface area contributed by atoms with Gasteiger partial charge in [0.1, 0.15) is 5.75 Å². The Morgan fingerprint density at radius 3 is 2.85 bits per heavy atom. The van der Waals surface area contributed by atoms with Crippen molar-refractivity contribution in [3.8, 4) is 5.75 Å². The minimum absolute atomic E-state index is 0.0170.